The van der Waals surface area contributed by atoms with E-state index in [1.807, 2.05) is 19.0 Å². The predicted octanol–water partition coefficient (Wildman–Crippen LogP) is 1.84. The molecule has 0 saturated heterocycles. The smallest absolute Gasteiger partial charge is 0.320 e. The number of carbonyl (C=O) groups is 1. The Kier molecular flexibility index (Phi) is 4.04. The van der Waals surface area contributed by atoms with Crippen molar-refractivity contribution in [3.63, 3.8) is 0 Å². The van der Waals surface area contributed by atoms with Crippen LogP contribution >= 0.6 is 0 Å². The number of hydrogen-bond acceptors (Lipinski definition) is 3. The molecule has 2 rings (SSSR count). The van der Waals surface area contributed by atoms with Gasteiger partial charge in [-0.3, -0.25) is 10.1 Å². The van der Waals surface area contributed by atoms with Gasteiger partial charge in [-0.15, -0.1) is 0 Å². The van der Waals surface area contributed by atoms with Gasteiger partial charge in [0.25, 0.3) is 0 Å². The molecule has 0 radical (unpaired) electrons. The third-order valence-electron chi connectivity index (χ3n) is 3.40. The standard InChI is InChI=1S/C14H19FN2O2/c1-17(2)12-6-5-11(15)7-10(12)8-16-13(14(18)19)9-3-4-9/h5-7,9,13,16H,3-4,8H2,1-2H3,(H,18,19). The average molecular weight is 266 g/mol. The van der Waals surface area contributed by atoms with Gasteiger partial charge in [-0.25, -0.2) is 4.39 Å². The largest absolute Gasteiger partial charge is 0.480 e. The van der Waals surface area contributed by atoms with Gasteiger partial charge in [0.15, 0.2) is 0 Å². The summed E-state index contributed by atoms with van der Waals surface area (Å²) in [5.74, 6) is -0.917. The normalized spacial score (nSPS) is 16.2. The lowest BCUT2D eigenvalue weighted by Crippen LogP contribution is -2.38. The predicted molar refractivity (Wildman–Crippen MR) is 71.7 cm³/mol. The Labute approximate surface area is 112 Å². The van der Waals surface area contributed by atoms with E-state index in [4.69, 9.17) is 5.11 Å². The summed E-state index contributed by atoms with van der Waals surface area (Å²) in [6, 6.07) is 4.04. The molecule has 5 heteroatoms. The highest BCUT2D eigenvalue weighted by Crippen LogP contribution is 2.33. The van der Waals surface area contributed by atoms with Crippen LogP contribution in [-0.2, 0) is 11.3 Å². The van der Waals surface area contributed by atoms with E-state index in [0.29, 0.717) is 6.54 Å². The van der Waals surface area contributed by atoms with Crippen LogP contribution in [0.25, 0.3) is 0 Å². The molecule has 1 atom stereocenters. The molecule has 104 valence electrons. The molecule has 1 saturated carbocycles. The lowest BCUT2D eigenvalue weighted by Gasteiger charge is -2.20. The average Bonchev–Trinajstić information content (AvgIpc) is 3.13. The highest BCUT2D eigenvalue weighted by atomic mass is 19.1. The molecule has 0 bridgehead atoms. The number of halogens is 1. The Morgan fingerprint density at radius 2 is 2.21 bits per heavy atom. The van der Waals surface area contributed by atoms with Gasteiger partial charge in [0, 0.05) is 26.3 Å². The summed E-state index contributed by atoms with van der Waals surface area (Å²) in [6.07, 6.45) is 1.90. The van der Waals surface area contributed by atoms with Gasteiger partial charge in [0.2, 0.25) is 0 Å². The minimum absolute atomic E-state index is 0.217. The van der Waals surface area contributed by atoms with Gasteiger partial charge in [-0.2, -0.15) is 0 Å². The third-order valence-corrected chi connectivity index (χ3v) is 3.40. The van der Waals surface area contributed by atoms with Gasteiger partial charge >= 0.3 is 5.97 Å². The van der Waals surface area contributed by atoms with E-state index >= 15 is 0 Å². The molecule has 0 heterocycles. The fourth-order valence-corrected chi connectivity index (χ4v) is 2.24. The van der Waals surface area contributed by atoms with Crippen LogP contribution in [-0.4, -0.2) is 31.2 Å². The summed E-state index contributed by atoms with van der Waals surface area (Å²) in [7, 11) is 3.76. The summed E-state index contributed by atoms with van der Waals surface area (Å²) in [6.45, 7) is 0.360. The maximum atomic E-state index is 13.3. The third kappa shape index (κ3) is 3.44. The van der Waals surface area contributed by atoms with Crippen molar-refractivity contribution in [2.24, 2.45) is 5.92 Å². The fraction of sp³-hybridized carbons (Fsp3) is 0.500. The summed E-state index contributed by atoms with van der Waals surface area (Å²) in [5, 5.41) is 12.2. The van der Waals surface area contributed by atoms with E-state index in [1.165, 1.54) is 12.1 Å². The molecule has 4 nitrogen and oxygen atoms in total. The number of nitrogens with one attached hydrogen (secondary N) is 1. The van der Waals surface area contributed by atoms with Crippen molar-refractivity contribution >= 4 is 11.7 Å². The first-order valence-corrected chi connectivity index (χ1v) is 6.41. The highest BCUT2D eigenvalue weighted by molar-refractivity contribution is 5.74. The van der Waals surface area contributed by atoms with E-state index in [-0.39, 0.29) is 11.7 Å². The molecule has 1 aliphatic rings. The minimum atomic E-state index is -0.828. The number of rotatable bonds is 6. The second kappa shape index (κ2) is 5.57. The number of benzene rings is 1. The Bertz CT molecular complexity index is 473. The number of hydrogen-bond donors (Lipinski definition) is 2. The van der Waals surface area contributed by atoms with E-state index in [2.05, 4.69) is 5.32 Å². The number of carboxylic acids is 1. The van der Waals surface area contributed by atoms with Crippen LogP contribution in [0.4, 0.5) is 10.1 Å². The minimum Gasteiger partial charge on any atom is -0.480 e. The monoisotopic (exact) mass is 266 g/mol. The zero-order chi connectivity index (χ0) is 14.0. The van der Waals surface area contributed by atoms with E-state index in [0.717, 1.165) is 24.1 Å². The van der Waals surface area contributed by atoms with Gasteiger partial charge in [-0.1, -0.05) is 0 Å². The Hall–Kier alpha value is -1.62. The molecule has 2 N–H and O–H groups in total. The molecular weight excluding hydrogens is 247 g/mol. The molecular formula is C14H19FN2O2. The Morgan fingerprint density at radius 3 is 2.74 bits per heavy atom. The van der Waals surface area contributed by atoms with Gasteiger partial charge in [0.05, 0.1) is 0 Å². The molecule has 1 aromatic rings. The molecule has 0 aliphatic heterocycles. The van der Waals surface area contributed by atoms with Gasteiger partial charge in [0.1, 0.15) is 11.9 Å². The number of anilines is 1. The van der Waals surface area contributed by atoms with Crippen LogP contribution in [0, 0.1) is 11.7 Å². The van der Waals surface area contributed by atoms with Crippen LogP contribution in [0.15, 0.2) is 18.2 Å². The zero-order valence-electron chi connectivity index (χ0n) is 11.2. The lowest BCUT2D eigenvalue weighted by molar-refractivity contribution is -0.140. The van der Waals surface area contributed by atoms with Crippen LogP contribution in [0.1, 0.15) is 18.4 Å². The van der Waals surface area contributed by atoms with Crippen molar-refractivity contribution in [1.29, 1.82) is 0 Å². The van der Waals surface area contributed by atoms with E-state index < -0.39 is 12.0 Å². The first-order valence-electron chi connectivity index (χ1n) is 6.41. The maximum absolute atomic E-state index is 13.3. The molecule has 19 heavy (non-hydrogen) atoms. The molecule has 0 spiro atoms. The van der Waals surface area contributed by atoms with E-state index in [1.54, 1.807) is 6.07 Å². The van der Waals surface area contributed by atoms with Crippen molar-refractivity contribution in [3.05, 3.63) is 29.6 Å². The topological polar surface area (TPSA) is 52.6 Å². The summed E-state index contributed by atoms with van der Waals surface area (Å²) in [5.41, 5.74) is 1.67. The van der Waals surface area contributed by atoms with Crippen LogP contribution < -0.4 is 10.2 Å². The van der Waals surface area contributed by atoms with Crippen molar-refractivity contribution in [1.82, 2.24) is 5.32 Å². The maximum Gasteiger partial charge on any atom is 0.320 e. The van der Waals surface area contributed by atoms with Crippen LogP contribution in [0.3, 0.4) is 0 Å². The number of nitrogens with zero attached hydrogens (tertiary/aromatic N) is 1. The zero-order valence-corrected chi connectivity index (χ0v) is 11.2. The SMILES string of the molecule is CN(C)c1ccc(F)cc1CNC(C(=O)O)C1CC1. The van der Waals surface area contributed by atoms with Crippen LogP contribution in [0.5, 0.6) is 0 Å². The summed E-state index contributed by atoms with van der Waals surface area (Å²) >= 11 is 0. The summed E-state index contributed by atoms with van der Waals surface area (Å²) < 4.78 is 13.3. The van der Waals surface area contributed by atoms with Crippen molar-refractivity contribution in [2.45, 2.75) is 25.4 Å². The summed E-state index contributed by atoms with van der Waals surface area (Å²) in [4.78, 5) is 13.0. The van der Waals surface area contributed by atoms with E-state index in [9.17, 15) is 9.18 Å². The van der Waals surface area contributed by atoms with Crippen LogP contribution in [0.2, 0.25) is 0 Å². The Morgan fingerprint density at radius 1 is 1.53 bits per heavy atom. The molecule has 1 aliphatic carbocycles. The molecule has 0 amide bonds. The quantitative estimate of drug-likeness (QED) is 0.825. The first-order chi connectivity index (χ1) is 8.99. The number of carboxylic acid groups (broad SMARTS) is 1. The van der Waals surface area contributed by atoms with Gasteiger partial charge in [-0.05, 0) is 42.5 Å². The fourth-order valence-electron chi connectivity index (χ4n) is 2.24. The lowest BCUT2D eigenvalue weighted by atomic mass is 10.1. The molecule has 1 aromatic carbocycles. The highest BCUT2D eigenvalue weighted by Gasteiger charge is 2.35. The van der Waals surface area contributed by atoms with Crippen molar-refractivity contribution < 1.29 is 14.3 Å². The molecule has 1 fully saturated rings. The molecule has 0 aromatic heterocycles. The van der Waals surface area contributed by atoms with Crippen molar-refractivity contribution in [3.8, 4) is 0 Å². The second-order valence-corrected chi connectivity index (χ2v) is 5.20. The Balaban J connectivity index is 2.09. The number of aliphatic carboxylic acids is 1. The van der Waals surface area contributed by atoms with Gasteiger partial charge < -0.3 is 10.0 Å². The molecule has 1 unspecified atom stereocenters. The second-order valence-electron chi connectivity index (χ2n) is 5.20. The first kappa shape index (κ1) is 13.8. The van der Waals surface area contributed by atoms with Crippen molar-refractivity contribution in [2.75, 3.05) is 19.0 Å².